The summed E-state index contributed by atoms with van der Waals surface area (Å²) in [5.74, 6) is -2.13. The highest BCUT2D eigenvalue weighted by molar-refractivity contribution is 5.89. The Morgan fingerprint density at radius 2 is 1.53 bits per heavy atom. The van der Waals surface area contributed by atoms with E-state index in [1.54, 1.807) is 7.05 Å². The number of anilines is 1. The van der Waals surface area contributed by atoms with Crippen LogP contribution in [0.15, 0.2) is 48.5 Å². The Labute approximate surface area is 172 Å². The van der Waals surface area contributed by atoms with Gasteiger partial charge in [-0.1, -0.05) is 36.4 Å². The summed E-state index contributed by atoms with van der Waals surface area (Å²) in [6, 6.07) is 17.1. The van der Waals surface area contributed by atoms with Crippen molar-refractivity contribution in [3.05, 3.63) is 54.1 Å². The standard InChI is InChI=1S/C19H23N3O.C2HF3O2/c1-13-11-17(12-21-13)16-5-3-14(4-6-16)15-7-9-18(10-8-15)22-19(23)20-2;3-2(4,5)1(6)7/h3-10,13,17,21H,11-12H2,1-2H3,(H2,20,22,23);(H,6,7). The van der Waals surface area contributed by atoms with Crippen molar-refractivity contribution in [2.24, 2.45) is 0 Å². The van der Waals surface area contributed by atoms with Crippen LogP contribution in [0.5, 0.6) is 0 Å². The third kappa shape index (κ3) is 6.77. The number of halogens is 3. The first-order valence-electron chi connectivity index (χ1n) is 9.32. The molecule has 3 rings (SSSR count). The average Bonchev–Trinajstić information content (AvgIpc) is 3.15. The molecule has 0 bridgehead atoms. The number of aliphatic carboxylic acids is 1. The van der Waals surface area contributed by atoms with Crippen LogP contribution in [-0.4, -0.2) is 42.9 Å². The van der Waals surface area contributed by atoms with Crippen LogP contribution in [0, 0.1) is 0 Å². The SMILES string of the molecule is CNC(=O)Nc1ccc(-c2ccc(C3CNC(C)C3)cc2)cc1.O=C(O)C(F)(F)F. The van der Waals surface area contributed by atoms with Crippen molar-refractivity contribution >= 4 is 17.7 Å². The van der Waals surface area contributed by atoms with Gasteiger partial charge in [0.1, 0.15) is 0 Å². The molecule has 0 aromatic heterocycles. The minimum absolute atomic E-state index is 0.207. The topological polar surface area (TPSA) is 90.5 Å². The van der Waals surface area contributed by atoms with E-state index in [1.165, 1.54) is 17.5 Å². The zero-order chi connectivity index (χ0) is 22.3. The maximum Gasteiger partial charge on any atom is 0.490 e. The zero-order valence-corrected chi connectivity index (χ0v) is 16.6. The van der Waals surface area contributed by atoms with E-state index in [-0.39, 0.29) is 6.03 Å². The van der Waals surface area contributed by atoms with Crippen LogP contribution in [0.2, 0.25) is 0 Å². The highest BCUT2D eigenvalue weighted by Gasteiger charge is 2.38. The van der Waals surface area contributed by atoms with Gasteiger partial charge in [0.25, 0.3) is 0 Å². The third-order valence-corrected chi connectivity index (χ3v) is 4.68. The number of benzene rings is 2. The lowest BCUT2D eigenvalue weighted by Gasteiger charge is -2.11. The molecule has 9 heteroatoms. The quantitative estimate of drug-likeness (QED) is 0.596. The van der Waals surface area contributed by atoms with Crippen molar-refractivity contribution in [1.82, 2.24) is 10.6 Å². The number of carboxylic acids is 1. The first-order chi connectivity index (χ1) is 14.1. The van der Waals surface area contributed by atoms with E-state index in [1.807, 2.05) is 24.3 Å². The van der Waals surface area contributed by atoms with Gasteiger partial charge in [0, 0.05) is 25.3 Å². The second-order valence-corrected chi connectivity index (χ2v) is 6.95. The monoisotopic (exact) mass is 423 g/mol. The van der Waals surface area contributed by atoms with Crippen molar-refractivity contribution < 1.29 is 27.9 Å². The summed E-state index contributed by atoms with van der Waals surface area (Å²) in [5, 5.41) is 15.9. The number of nitrogens with one attached hydrogen (secondary N) is 3. The first kappa shape index (κ1) is 23.2. The van der Waals surface area contributed by atoms with E-state index < -0.39 is 12.1 Å². The third-order valence-electron chi connectivity index (χ3n) is 4.68. The number of carbonyl (C=O) groups is 2. The van der Waals surface area contributed by atoms with Crippen molar-refractivity contribution in [1.29, 1.82) is 0 Å². The summed E-state index contributed by atoms with van der Waals surface area (Å²) < 4.78 is 31.7. The molecule has 4 N–H and O–H groups in total. The van der Waals surface area contributed by atoms with Crippen molar-refractivity contribution in [2.45, 2.75) is 31.5 Å². The molecule has 162 valence electrons. The number of hydrogen-bond acceptors (Lipinski definition) is 3. The Morgan fingerprint density at radius 1 is 1.03 bits per heavy atom. The van der Waals surface area contributed by atoms with Gasteiger partial charge in [0.2, 0.25) is 0 Å². The number of rotatable bonds is 3. The van der Waals surface area contributed by atoms with E-state index in [0.717, 1.165) is 17.8 Å². The normalized spacial score (nSPS) is 18.2. The molecule has 1 aliphatic heterocycles. The molecule has 1 saturated heterocycles. The Balaban J connectivity index is 0.000000396. The van der Waals surface area contributed by atoms with E-state index in [9.17, 15) is 18.0 Å². The van der Waals surface area contributed by atoms with Crippen LogP contribution in [0.1, 0.15) is 24.8 Å². The van der Waals surface area contributed by atoms with E-state index >= 15 is 0 Å². The Kier molecular flexibility index (Phi) is 7.82. The van der Waals surface area contributed by atoms with Crippen LogP contribution in [0.4, 0.5) is 23.7 Å². The van der Waals surface area contributed by atoms with Gasteiger partial charge < -0.3 is 21.1 Å². The molecule has 2 aromatic rings. The van der Waals surface area contributed by atoms with Gasteiger partial charge in [0.05, 0.1) is 0 Å². The predicted octanol–water partition coefficient (Wildman–Crippen LogP) is 4.20. The van der Waals surface area contributed by atoms with Gasteiger partial charge in [-0.05, 0) is 48.1 Å². The molecule has 1 aliphatic rings. The van der Waals surface area contributed by atoms with Crippen LogP contribution in [0.3, 0.4) is 0 Å². The summed E-state index contributed by atoms with van der Waals surface area (Å²) in [7, 11) is 1.60. The molecule has 0 radical (unpaired) electrons. The smallest absolute Gasteiger partial charge is 0.475 e. The lowest BCUT2D eigenvalue weighted by atomic mass is 9.94. The summed E-state index contributed by atoms with van der Waals surface area (Å²) in [6.45, 7) is 3.31. The lowest BCUT2D eigenvalue weighted by Crippen LogP contribution is -2.24. The van der Waals surface area contributed by atoms with Crippen molar-refractivity contribution in [2.75, 3.05) is 18.9 Å². The van der Waals surface area contributed by atoms with Gasteiger partial charge in [-0.15, -0.1) is 0 Å². The molecule has 2 amide bonds. The summed E-state index contributed by atoms with van der Waals surface area (Å²) in [6.07, 6.45) is -3.88. The van der Waals surface area contributed by atoms with Crippen LogP contribution in [-0.2, 0) is 4.79 Å². The van der Waals surface area contributed by atoms with Gasteiger partial charge in [-0.3, -0.25) is 0 Å². The Bertz CT molecular complexity index is 853. The molecule has 6 nitrogen and oxygen atoms in total. The summed E-state index contributed by atoms with van der Waals surface area (Å²) >= 11 is 0. The van der Waals surface area contributed by atoms with Crippen LogP contribution >= 0.6 is 0 Å². The summed E-state index contributed by atoms with van der Waals surface area (Å²) in [5.41, 5.74) is 4.54. The molecule has 2 aromatic carbocycles. The highest BCUT2D eigenvalue weighted by Crippen LogP contribution is 2.28. The van der Waals surface area contributed by atoms with E-state index in [0.29, 0.717) is 12.0 Å². The second kappa shape index (κ2) is 10.1. The van der Waals surface area contributed by atoms with Gasteiger partial charge >= 0.3 is 18.2 Å². The first-order valence-corrected chi connectivity index (χ1v) is 9.32. The molecule has 1 fully saturated rings. The summed E-state index contributed by atoms with van der Waals surface area (Å²) in [4.78, 5) is 20.2. The van der Waals surface area contributed by atoms with Crippen molar-refractivity contribution in [3.8, 4) is 11.1 Å². The largest absolute Gasteiger partial charge is 0.490 e. The number of urea groups is 1. The molecule has 0 spiro atoms. The van der Waals surface area contributed by atoms with E-state index in [2.05, 4.69) is 47.1 Å². The Morgan fingerprint density at radius 3 is 1.93 bits per heavy atom. The molecule has 2 unspecified atom stereocenters. The molecule has 0 aliphatic carbocycles. The van der Waals surface area contributed by atoms with Crippen LogP contribution in [0.25, 0.3) is 11.1 Å². The molecule has 1 heterocycles. The maximum atomic E-state index is 11.3. The van der Waals surface area contributed by atoms with Crippen molar-refractivity contribution in [3.63, 3.8) is 0 Å². The number of carbonyl (C=O) groups excluding carboxylic acids is 1. The number of carboxylic acid groups (broad SMARTS) is 1. The number of amides is 2. The van der Waals surface area contributed by atoms with Gasteiger partial charge in [-0.25, -0.2) is 9.59 Å². The van der Waals surface area contributed by atoms with E-state index in [4.69, 9.17) is 9.90 Å². The maximum absolute atomic E-state index is 11.3. The predicted molar refractivity (Wildman–Crippen MR) is 108 cm³/mol. The average molecular weight is 423 g/mol. The molecular weight excluding hydrogens is 399 g/mol. The Hall–Kier alpha value is -3.07. The fourth-order valence-corrected chi connectivity index (χ4v) is 3.08. The molecule has 2 atom stereocenters. The second-order valence-electron chi connectivity index (χ2n) is 6.95. The molecule has 0 saturated carbocycles. The highest BCUT2D eigenvalue weighted by atomic mass is 19.4. The molecule has 30 heavy (non-hydrogen) atoms. The zero-order valence-electron chi connectivity index (χ0n) is 16.6. The van der Waals surface area contributed by atoms with Gasteiger partial charge in [-0.2, -0.15) is 13.2 Å². The van der Waals surface area contributed by atoms with Gasteiger partial charge in [0.15, 0.2) is 0 Å². The molecular formula is C21H24F3N3O3. The fraction of sp³-hybridized carbons (Fsp3) is 0.333. The minimum atomic E-state index is -5.08. The van der Waals surface area contributed by atoms with Crippen LogP contribution < -0.4 is 16.0 Å². The number of hydrogen-bond donors (Lipinski definition) is 4. The number of alkyl halides is 3. The fourth-order valence-electron chi connectivity index (χ4n) is 3.08. The lowest BCUT2D eigenvalue weighted by molar-refractivity contribution is -0.192. The minimum Gasteiger partial charge on any atom is -0.475 e.